The first kappa shape index (κ1) is 17.6. The summed E-state index contributed by atoms with van der Waals surface area (Å²) in [6.45, 7) is 0. The van der Waals surface area contributed by atoms with Gasteiger partial charge in [-0.1, -0.05) is 17.7 Å². The Morgan fingerprint density at radius 2 is 1.48 bits per heavy atom. The smallest absolute Gasteiger partial charge is 0.255 e. The van der Waals surface area contributed by atoms with E-state index in [0.717, 1.165) is 0 Å². The van der Waals surface area contributed by atoms with Crippen molar-refractivity contribution in [2.24, 2.45) is 0 Å². The lowest BCUT2D eigenvalue weighted by molar-refractivity contribution is 0.102. The van der Waals surface area contributed by atoms with Crippen LogP contribution in [0, 0.1) is 34.0 Å². The lowest BCUT2D eigenvalue weighted by atomic mass is 10.2. The van der Waals surface area contributed by atoms with Crippen molar-refractivity contribution < 1.29 is 4.79 Å². The minimum atomic E-state index is -0.321. The second-order valence-corrected chi connectivity index (χ2v) is 5.19. The van der Waals surface area contributed by atoms with Gasteiger partial charge >= 0.3 is 0 Å². The van der Waals surface area contributed by atoms with E-state index < -0.39 is 0 Å². The van der Waals surface area contributed by atoms with Gasteiger partial charge in [-0.25, -0.2) is 0 Å². The molecule has 0 aliphatic carbocycles. The fourth-order valence-corrected chi connectivity index (χ4v) is 2.03. The highest BCUT2D eigenvalue weighted by Gasteiger charge is 2.08. The molecule has 120 valence electrons. The Morgan fingerprint density at radius 3 is 2.04 bits per heavy atom. The van der Waals surface area contributed by atoms with Gasteiger partial charge in [-0.15, -0.1) is 0 Å². The van der Waals surface area contributed by atoms with Gasteiger partial charge in [0.15, 0.2) is 5.57 Å². The van der Waals surface area contributed by atoms with E-state index in [0.29, 0.717) is 22.0 Å². The van der Waals surface area contributed by atoms with E-state index in [-0.39, 0.29) is 17.2 Å². The highest BCUT2D eigenvalue weighted by molar-refractivity contribution is 6.30. The van der Waals surface area contributed by atoms with Gasteiger partial charge in [-0.2, -0.15) is 15.8 Å². The Balaban J connectivity index is 2.19. The zero-order valence-corrected chi connectivity index (χ0v) is 13.5. The van der Waals surface area contributed by atoms with Crippen LogP contribution in [0.4, 0.5) is 11.4 Å². The Bertz CT molecular complexity index is 943. The summed E-state index contributed by atoms with van der Waals surface area (Å²) in [5.41, 5.74) is 0.895. The predicted molar refractivity (Wildman–Crippen MR) is 93.3 cm³/mol. The number of rotatable bonds is 4. The third-order valence-corrected chi connectivity index (χ3v) is 3.33. The highest BCUT2D eigenvalue weighted by atomic mass is 35.5. The summed E-state index contributed by atoms with van der Waals surface area (Å²) in [6, 6.07) is 18.0. The average molecular weight is 348 g/mol. The fourth-order valence-electron chi connectivity index (χ4n) is 1.91. The third kappa shape index (κ3) is 4.59. The number of carbonyl (C=O) groups is 1. The van der Waals surface area contributed by atoms with E-state index in [1.807, 2.05) is 0 Å². The monoisotopic (exact) mass is 347 g/mol. The molecular formula is C18H10ClN5O. The summed E-state index contributed by atoms with van der Waals surface area (Å²) in [6.07, 6.45) is 0. The molecule has 0 unspecified atom stereocenters. The largest absolute Gasteiger partial charge is 0.345 e. The van der Waals surface area contributed by atoms with Crippen molar-refractivity contribution in [2.75, 3.05) is 10.6 Å². The molecule has 2 rings (SSSR count). The van der Waals surface area contributed by atoms with Gasteiger partial charge in [0.25, 0.3) is 5.91 Å². The van der Waals surface area contributed by atoms with Crippen molar-refractivity contribution >= 4 is 28.9 Å². The number of nitrogens with zero attached hydrogens (tertiary/aromatic N) is 3. The first-order chi connectivity index (χ1) is 12.1. The van der Waals surface area contributed by atoms with E-state index in [4.69, 9.17) is 27.4 Å². The maximum Gasteiger partial charge on any atom is 0.255 e. The molecule has 0 fully saturated rings. The Hall–Kier alpha value is -3.79. The Labute approximate surface area is 149 Å². The van der Waals surface area contributed by atoms with Gasteiger partial charge in [-0.05, 0) is 42.5 Å². The van der Waals surface area contributed by atoms with Gasteiger partial charge in [0, 0.05) is 22.0 Å². The zero-order chi connectivity index (χ0) is 18.2. The number of hydrogen-bond acceptors (Lipinski definition) is 5. The summed E-state index contributed by atoms with van der Waals surface area (Å²) in [5, 5.41) is 32.7. The topological polar surface area (TPSA) is 112 Å². The number of nitriles is 3. The molecule has 7 heteroatoms. The van der Waals surface area contributed by atoms with Gasteiger partial charge < -0.3 is 10.6 Å². The predicted octanol–water partition coefficient (Wildman–Crippen LogP) is 3.83. The van der Waals surface area contributed by atoms with Crippen LogP contribution in [0.3, 0.4) is 0 Å². The van der Waals surface area contributed by atoms with Crippen molar-refractivity contribution in [3.63, 3.8) is 0 Å². The number of halogens is 1. The van der Waals surface area contributed by atoms with Gasteiger partial charge in [0.05, 0.1) is 0 Å². The molecule has 2 aromatic rings. The Morgan fingerprint density at radius 1 is 0.880 bits per heavy atom. The summed E-state index contributed by atoms with van der Waals surface area (Å²) < 4.78 is 0. The SMILES string of the molecule is N#CC(C#N)=C(C#N)Nc1cccc(NC(=O)c2ccc(Cl)cc2)c1. The number of carbonyl (C=O) groups excluding carboxylic acids is 1. The molecule has 0 saturated carbocycles. The van der Waals surface area contributed by atoms with E-state index in [2.05, 4.69) is 10.6 Å². The molecule has 0 saturated heterocycles. The van der Waals surface area contributed by atoms with Crippen LogP contribution in [0.1, 0.15) is 10.4 Å². The molecule has 0 radical (unpaired) electrons. The second-order valence-electron chi connectivity index (χ2n) is 4.75. The van der Waals surface area contributed by atoms with Crippen LogP contribution < -0.4 is 10.6 Å². The molecular weight excluding hydrogens is 338 g/mol. The van der Waals surface area contributed by atoms with Crippen molar-refractivity contribution in [3.8, 4) is 18.2 Å². The van der Waals surface area contributed by atoms with Crippen LogP contribution >= 0.6 is 11.6 Å². The zero-order valence-electron chi connectivity index (χ0n) is 12.7. The summed E-state index contributed by atoms with van der Waals surface area (Å²) in [4.78, 5) is 12.2. The molecule has 2 aromatic carbocycles. The summed E-state index contributed by atoms with van der Waals surface area (Å²) in [5.74, 6) is -0.320. The van der Waals surface area contributed by atoms with E-state index in [1.54, 1.807) is 66.7 Å². The van der Waals surface area contributed by atoms with Crippen molar-refractivity contribution in [1.82, 2.24) is 0 Å². The minimum absolute atomic E-state index is 0.161. The maximum atomic E-state index is 12.2. The van der Waals surface area contributed by atoms with Gasteiger partial charge in [-0.3, -0.25) is 4.79 Å². The van der Waals surface area contributed by atoms with Crippen molar-refractivity contribution in [2.45, 2.75) is 0 Å². The molecule has 2 N–H and O–H groups in total. The first-order valence-corrected chi connectivity index (χ1v) is 7.33. The van der Waals surface area contributed by atoms with Crippen LogP contribution in [0.15, 0.2) is 59.8 Å². The van der Waals surface area contributed by atoms with E-state index in [9.17, 15) is 4.79 Å². The van der Waals surface area contributed by atoms with Crippen molar-refractivity contribution in [3.05, 3.63) is 70.4 Å². The van der Waals surface area contributed by atoms with Gasteiger partial charge in [0.2, 0.25) is 0 Å². The average Bonchev–Trinajstić information content (AvgIpc) is 2.62. The summed E-state index contributed by atoms with van der Waals surface area (Å²) >= 11 is 5.79. The second kappa shape index (κ2) is 8.17. The normalized spacial score (nSPS) is 9.04. The molecule has 0 aliphatic rings. The molecule has 0 spiro atoms. The summed E-state index contributed by atoms with van der Waals surface area (Å²) in [7, 11) is 0. The standard InChI is InChI=1S/C18H10ClN5O/c19-14-6-4-12(5-7-14)18(25)24-16-3-1-2-15(8-16)23-17(11-22)13(9-20)10-21/h1-8,23H,(H,24,25). The fraction of sp³-hybridized carbons (Fsp3) is 0. The van der Waals surface area contributed by atoms with Crippen LogP contribution in [0.5, 0.6) is 0 Å². The minimum Gasteiger partial charge on any atom is -0.345 e. The number of hydrogen-bond donors (Lipinski definition) is 2. The lowest BCUT2D eigenvalue weighted by Gasteiger charge is -2.09. The Kier molecular flexibility index (Phi) is 5.74. The van der Waals surface area contributed by atoms with E-state index in [1.165, 1.54) is 0 Å². The van der Waals surface area contributed by atoms with Crippen LogP contribution in [-0.2, 0) is 0 Å². The molecule has 0 atom stereocenters. The molecule has 0 aliphatic heterocycles. The van der Waals surface area contributed by atoms with E-state index >= 15 is 0 Å². The first-order valence-electron chi connectivity index (χ1n) is 6.96. The maximum absolute atomic E-state index is 12.2. The van der Waals surface area contributed by atoms with Crippen LogP contribution in [0.25, 0.3) is 0 Å². The molecule has 0 bridgehead atoms. The van der Waals surface area contributed by atoms with Crippen molar-refractivity contribution in [1.29, 1.82) is 15.8 Å². The molecule has 25 heavy (non-hydrogen) atoms. The van der Waals surface area contributed by atoms with Crippen LogP contribution in [-0.4, -0.2) is 5.91 Å². The van der Waals surface area contributed by atoms with Crippen LogP contribution in [0.2, 0.25) is 5.02 Å². The number of allylic oxidation sites excluding steroid dienone is 2. The lowest BCUT2D eigenvalue weighted by Crippen LogP contribution is -2.12. The number of benzene rings is 2. The molecule has 1 amide bonds. The highest BCUT2D eigenvalue weighted by Crippen LogP contribution is 2.19. The third-order valence-electron chi connectivity index (χ3n) is 3.08. The number of amides is 1. The van der Waals surface area contributed by atoms with Gasteiger partial charge in [0.1, 0.15) is 23.9 Å². The molecule has 6 nitrogen and oxygen atoms in total. The number of nitrogens with one attached hydrogen (secondary N) is 2. The quantitative estimate of drug-likeness (QED) is 0.816. The molecule has 0 aromatic heterocycles. The molecule has 0 heterocycles. The number of anilines is 2.